The van der Waals surface area contributed by atoms with Crippen LogP contribution < -0.4 is 4.74 Å². The number of benzene rings is 3. The van der Waals surface area contributed by atoms with E-state index in [2.05, 4.69) is 6.07 Å². The molecule has 4 aromatic rings. The minimum absolute atomic E-state index is 0.432. The van der Waals surface area contributed by atoms with Gasteiger partial charge in [-0.25, -0.2) is 4.98 Å². The van der Waals surface area contributed by atoms with Crippen LogP contribution in [0.2, 0.25) is 5.02 Å². The summed E-state index contributed by atoms with van der Waals surface area (Å²) in [6, 6.07) is 23.9. The van der Waals surface area contributed by atoms with Crippen LogP contribution in [0.25, 0.3) is 20.8 Å². The lowest BCUT2D eigenvalue weighted by atomic mass is 10.2. The lowest BCUT2D eigenvalue weighted by Crippen LogP contribution is -1.97. The van der Waals surface area contributed by atoms with E-state index in [1.54, 1.807) is 11.3 Å². The molecule has 0 N–H and O–H groups in total. The Morgan fingerprint density at radius 1 is 0.875 bits per heavy atom. The summed E-state index contributed by atoms with van der Waals surface area (Å²) in [4.78, 5) is 4.73. The Hall–Kier alpha value is -2.36. The Kier molecular flexibility index (Phi) is 4.20. The molecule has 2 nitrogen and oxygen atoms in total. The zero-order valence-electron chi connectivity index (χ0n) is 12.8. The van der Waals surface area contributed by atoms with Crippen molar-refractivity contribution < 1.29 is 4.74 Å². The van der Waals surface area contributed by atoms with E-state index in [4.69, 9.17) is 21.3 Å². The summed E-state index contributed by atoms with van der Waals surface area (Å²) in [6.45, 7) is 0.432. The summed E-state index contributed by atoms with van der Waals surface area (Å²) in [6.07, 6.45) is 0. The molecular weight excluding hydrogens is 338 g/mol. The number of hydrogen-bond acceptors (Lipinski definition) is 3. The van der Waals surface area contributed by atoms with Gasteiger partial charge in [-0.3, -0.25) is 0 Å². The summed E-state index contributed by atoms with van der Waals surface area (Å²) in [5.41, 5.74) is 2.99. The summed E-state index contributed by atoms with van der Waals surface area (Å²) < 4.78 is 7.21. The fourth-order valence-corrected chi connectivity index (χ4v) is 3.71. The van der Waals surface area contributed by atoms with E-state index < -0.39 is 0 Å². The molecule has 3 aromatic carbocycles. The van der Waals surface area contributed by atoms with E-state index >= 15 is 0 Å². The molecule has 0 fully saturated rings. The van der Waals surface area contributed by atoms with E-state index in [0.29, 0.717) is 6.61 Å². The van der Waals surface area contributed by atoms with Crippen LogP contribution >= 0.6 is 22.9 Å². The summed E-state index contributed by atoms with van der Waals surface area (Å²) in [5, 5.41) is 1.68. The van der Waals surface area contributed by atoms with Crippen molar-refractivity contribution in [3.05, 3.63) is 83.4 Å². The highest BCUT2D eigenvalue weighted by Crippen LogP contribution is 2.36. The molecule has 118 valence electrons. The fraction of sp³-hybridized carbons (Fsp3) is 0.0500. The molecule has 4 rings (SSSR count). The van der Waals surface area contributed by atoms with Gasteiger partial charge in [0.05, 0.1) is 15.8 Å². The second-order valence-corrected chi connectivity index (χ2v) is 6.80. The first kappa shape index (κ1) is 15.2. The molecular formula is C20H14ClNOS. The Morgan fingerprint density at radius 3 is 2.50 bits per heavy atom. The first-order valence-corrected chi connectivity index (χ1v) is 8.82. The SMILES string of the molecule is Clc1ccccc1COc1ccccc1-c1nc2ccccc2s1. The number of hydrogen-bond donors (Lipinski definition) is 0. The number of thiazole rings is 1. The standard InChI is InChI=1S/C20H14ClNOS/c21-16-9-3-1-7-14(16)13-23-18-11-5-2-8-15(18)20-22-17-10-4-6-12-19(17)24-20/h1-12H,13H2. The quantitative estimate of drug-likeness (QED) is 0.437. The van der Waals surface area contributed by atoms with Gasteiger partial charge in [-0.15, -0.1) is 11.3 Å². The van der Waals surface area contributed by atoms with Crippen molar-refractivity contribution in [1.29, 1.82) is 0 Å². The van der Waals surface area contributed by atoms with Crippen molar-refractivity contribution in [2.45, 2.75) is 6.61 Å². The third-order valence-corrected chi connectivity index (χ3v) is 5.19. The lowest BCUT2D eigenvalue weighted by Gasteiger charge is -2.10. The average molecular weight is 352 g/mol. The van der Waals surface area contributed by atoms with Gasteiger partial charge in [-0.05, 0) is 30.3 Å². The van der Waals surface area contributed by atoms with Gasteiger partial charge in [0.1, 0.15) is 17.4 Å². The van der Waals surface area contributed by atoms with Crippen molar-refractivity contribution in [3.63, 3.8) is 0 Å². The summed E-state index contributed by atoms with van der Waals surface area (Å²) in [5.74, 6) is 0.816. The molecule has 0 bridgehead atoms. The Balaban J connectivity index is 1.66. The number of ether oxygens (including phenoxy) is 1. The van der Waals surface area contributed by atoms with Gasteiger partial charge in [-0.2, -0.15) is 0 Å². The van der Waals surface area contributed by atoms with Crippen molar-refractivity contribution in [3.8, 4) is 16.3 Å². The van der Waals surface area contributed by atoms with Crippen LogP contribution in [0.3, 0.4) is 0 Å². The maximum Gasteiger partial charge on any atom is 0.130 e. The number of para-hydroxylation sites is 2. The molecule has 0 radical (unpaired) electrons. The van der Waals surface area contributed by atoms with Crippen LogP contribution in [0, 0.1) is 0 Å². The summed E-state index contributed by atoms with van der Waals surface area (Å²) >= 11 is 7.88. The van der Waals surface area contributed by atoms with Crippen LogP contribution in [0.15, 0.2) is 72.8 Å². The molecule has 0 amide bonds. The fourth-order valence-electron chi connectivity index (χ4n) is 2.53. The first-order valence-electron chi connectivity index (χ1n) is 7.62. The van der Waals surface area contributed by atoms with Gasteiger partial charge in [0.2, 0.25) is 0 Å². The van der Waals surface area contributed by atoms with E-state index in [9.17, 15) is 0 Å². The molecule has 0 aliphatic carbocycles. The molecule has 0 unspecified atom stereocenters. The highest BCUT2D eigenvalue weighted by molar-refractivity contribution is 7.21. The van der Waals surface area contributed by atoms with E-state index in [1.165, 1.54) is 4.70 Å². The molecule has 1 heterocycles. The summed E-state index contributed by atoms with van der Waals surface area (Å²) in [7, 11) is 0. The molecule has 4 heteroatoms. The Labute approximate surface area is 149 Å². The number of rotatable bonds is 4. The minimum atomic E-state index is 0.432. The molecule has 0 aliphatic rings. The van der Waals surface area contributed by atoms with Crippen LogP contribution in [0.4, 0.5) is 0 Å². The normalized spacial score (nSPS) is 10.9. The van der Waals surface area contributed by atoms with Gasteiger partial charge in [0.15, 0.2) is 0 Å². The minimum Gasteiger partial charge on any atom is -0.488 e. The van der Waals surface area contributed by atoms with Crippen molar-refractivity contribution >= 4 is 33.2 Å². The molecule has 0 atom stereocenters. The van der Waals surface area contributed by atoms with E-state index in [1.807, 2.05) is 66.7 Å². The topological polar surface area (TPSA) is 22.1 Å². The largest absolute Gasteiger partial charge is 0.488 e. The zero-order chi connectivity index (χ0) is 16.4. The molecule has 0 saturated carbocycles. The molecule has 0 spiro atoms. The van der Waals surface area contributed by atoms with Crippen molar-refractivity contribution in [2.75, 3.05) is 0 Å². The smallest absolute Gasteiger partial charge is 0.130 e. The molecule has 1 aromatic heterocycles. The number of nitrogens with zero attached hydrogens (tertiary/aromatic N) is 1. The second-order valence-electron chi connectivity index (χ2n) is 5.36. The van der Waals surface area contributed by atoms with Gasteiger partial charge >= 0.3 is 0 Å². The Morgan fingerprint density at radius 2 is 1.62 bits per heavy atom. The highest BCUT2D eigenvalue weighted by atomic mass is 35.5. The average Bonchev–Trinajstić information content (AvgIpc) is 3.05. The van der Waals surface area contributed by atoms with Crippen LogP contribution in [0.5, 0.6) is 5.75 Å². The van der Waals surface area contributed by atoms with Gasteiger partial charge in [0, 0.05) is 10.6 Å². The van der Waals surface area contributed by atoms with Gasteiger partial charge in [0.25, 0.3) is 0 Å². The van der Waals surface area contributed by atoms with Crippen LogP contribution in [-0.2, 0) is 6.61 Å². The van der Waals surface area contributed by atoms with E-state index in [0.717, 1.165) is 32.4 Å². The molecule has 24 heavy (non-hydrogen) atoms. The maximum atomic E-state index is 6.21. The van der Waals surface area contributed by atoms with E-state index in [-0.39, 0.29) is 0 Å². The monoisotopic (exact) mass is 351 g/mol. The Bertz CT molecular complexity index is 963. The maximum absolute atomic E-state index is 6.21. The second kappa shape index (κ2) is 6.63. The molecule has 0 aliphatic heterocycles. The predicted octanol–water partition coefficient (Wildman–Crippen LogP) is 6.20. The highest BCUT2D eigenvalue weighted by Gasteiger charge is 2.11. The third kappa shape index (κ3) is 3.01. The number of aromatic nitrogens is 1. The van der Waals surface area contributed by atoms with Crippen molar-refractivity contribution in [1.82, 2.24) is 4.98 Å². The zero-order valence-corrected chi connectivity index (χ0v) is 14.3. The molecule has 0 saturated heterocycles. The third-order valence-electron chi connectivity index (χ3n) is 3.75. The lowest BCUT2D eigenvalue weighted by molar-refractivity contribution is 0.307. The number of fused-ring (bicyclic) bond motifs is 1. The predicted molar refractivity (Wildman–Crippen MR) is 101 cm³/mol. The van der Waals surface area contributed by atoms with Gasteiger partial charge in [-0.1, -0.05) is 54.1 Å². The van der Waals surface area contributed by atoms with Crippen LogP contribution in [0.1, 0.15) is 5.56 Å². The van der Waals surface area contributed by atoms with Crippen LogP contribution in [-0.4, -0.2) is 4.98 Å². The van der Waals surface area contributed by atoms with Crippen molar-refractivity contribution in [2.24, 2.45) is 0 Å². The number of halogens is 1. The first-order chi connectivity index (χ1) is 11.8. The van der Waals surface area contributed by atoms with Gasteiger partial charge < -0.3 is 4.74 Å².